The highest BCUT2D eigenvalue weighted by atomic mass is 16.3. The molecular formula is C19H24N4O. The van der Waals surface area contributed by atoms with Gasteiger partial charge in [0.05, 0.1) is 18.5 Å². The molecule has 4 rings (SSSR count). The predicted octanol–water partition coefficient (Wildman–Crippen LogP) is 2.43. The van der Waals surface area contributed by atoms with E-state index in [1.807, 2.05) is 10.8 Å². The van der Waals surface area contributed by atoms with Gasteiger partial charge < -0.3 is 19.6 Å². The first-order valence-corrected chi connectivity index (χ1v) is 8.67. The van der Waals surface area contributed by atoms with Gasteiger partial charge in [0.1, 0.15) is 0 Å². The first-order valence-electron chi connectivity index (χ1n) is 8.67. The molecular weight excluding hydrogens is 300 g/mol. The van der Waals surface area contributed by atoms with Crippen molar-refractivity contribution in [2.75, 3.05) is 19.6 Å². The molecule has 5 nitrogen and oxygen atoms in total. The van der Waals surface area contributed by atoms with Gasteiger partial charge in [-0.2, -0.15) is 0 Å². The first-order chi connectivity index (χ1) is 11.7. The van der Waals surface area contributed by atoms with Crippen LogP contribution in [0.3, 0.4) is 0 Å². The van der Waals surface area contributed by atoms with Crippen LogP contribution < -0.4 is 0 Å². The van der Waals surface area contributed by atoms with E-state index in [0.29, 0.717) is 6.54 Å². The minimum absolute atomic E-state index is 0.599. The fraction of sp³-hybridized carbons (Fsp3) is 0.421. The molecule has 0 amide bonds. The monoisotopic (exact) mass is 324 g/mol. The maximum absolute atomic E-state index is 10.8. The number of likely N-dealkylation sites (tertiary alicyclic amines) is 1. The molecule has 0 spiro atoms. The van der Waals surface area contributed by atoms with Gasteiger partial charge in [-0.1, -0.05) is 18.2 Å². The Hall–Kier alpha value is -2.11. The average molecular weight is 324 g/mol. The molecule has 1 aromatic carbocycles. The van der Waals surface area contributed by atoms with Crippen LogP contribution in [-0.2, 0) is 13.0 Å². The highest BCUT2D eigenvalue weighted by molar-refractivity contribution is 5.83. The van der Waals surface area contributed by atoms with Crippen molar-refractivity contribution in [3.05, 3.63) is 54.7 Å². The quantitative estimate of drug-likeness (QED) is 0.758. The maximum Gasteiger partial charge on any atom is 0.0946 e. The standard InChI is InChI=1S/C19H24N4O/c24-19(14-23-12-8-20-15-23)6-10-22(11-7-19)9-5-16-13-21-18-4-2-1-3-17(16)18/h1-4,8,12-13,15,21,24H,5-7,9-11,14H2. The number of nitrogens with one attached hydrogen (secondary N) is 1. The third kappa shape index (κ3) is 3.23. The summed E-state index contributed by atoms with van der Waals surface area (Å²) in [5, 5.41) is 12.1. The van der Waals surface area contributed by atoms with Crippen LogP contribution in [0, 0.1) is 0 Å². The van der Waals surface area contributed by atoms with E-state index in [1.165, 1.54) is 16.5 Å². The summed E-state index contributed by atoms with van der Waals surface area (Å²) in [6.07, 6.45) is 10.3. The second kappa shape index (κ2) is 6.42. The lowest BCUT2D eigenvalue weighted by atomic mass is 9.91. The minimum Gasteiger partial charge on any atom is -0.388 e. The van der Waals surface area contributed by atoms with E-state index in [-0.39, 0.29) is 0 Å². The van der Waals surface area contributed by atoms with E-state index in [0.717, 1.165) is 38.9 Å². The molecule has 24 heavy (non-hydrogen) atoms. The second-order valence-electron chi connectivity index (χ2n) is 6.91. The SMILES string of the molecule is OC1(Cn2ccnc2)CCN(CCc2c[nH]c3ccccc23)CC1. The van der Waals surface area contributed by atoms with Crippen molar-refractivity contribution in [3.63, 3.8) is 0 Å². The van der Waals surface area contributed by atoms with Crippen LogP contribution in [0.4, 0.5) is 0 Å². The van der Waals surface area contributed by atoms with E-state index < -0.39 is 5.60 Å². The number of nitrogens with zero attached hydrogens (tertiary/aromatic N) is 3. The minimum atomic E-state index is -0.599. The topological polar surface area (TPSA) is 57.1 Å². The number of imidazole rings is 1. The Balaban J connectivity index is 1.32. The van der Waals surface area contributed by atoms with Crippen molar-refractivity contribution >= 4 is 10.9 Å². The van der Waals surface area contributed by atoms with Crippen LogP contribution in [0.15, 0.2) is 49.2 Å². The summed E-state index contributed by atoms with van der Waals surface area (Å²) in [6, 6.07) is 8.46. The molecule has 126 valence electrons. The van der Waals surface area contributed by atoms with Crippen molar-refractivity contribution in [1.82, 2.24) is 19.4 Å². The number of hydrogen-bond donors (Lipinski definition) is 2. The summed E-state index contributed by atoms with van der Waals surface area (Å²) in [7, 11) is 0. The number of para-hydroxylation sites is 1. The van der Waals surface area contributed by atoms with Gasteiger partial charge in [0, 0.05) is 49.1 Å². The highest BCUT2D eigenvalue weighted by Crippen LogP contribution is 2.25. The Morgan fingerprint density at radius 2 is 2.04 bits per heavy atom. The lowest BCUT2D eigenvalue weighted by Crippen LogP contribution is -2.47. The lowest BCUT2D eigenvalue weighted by molar-refractivity contribution is -0.0337. The summed E-state index contributed by atoms with van der Waals surface area (Å²) in [4.78, 5) is 9.86. The Labute approximate surface area is 141 Å². The molecule has 2 aromatic heterocycles. The fourth-order valence-corrected chi connectivity index (χ4v) is 3.69. The number of hydrogen-bond acceptors (Lipinski definition) is 3. The summed E-state index contributed by atoms with van der Waals surface area (Å²) >= 11 is 0. The van der Waals surface area contributed by atoms with E-state index in [2.05, 4.69) is 45.3 Å². The molecule has 5 heteroatoms. The molecule has 0 saturated carbocycles. The van der Waals surface area contributed by atoms with Gasteiger partial charge in [0.15, 0.2) is 0 Å². The zero-order valence-electron chi connectivity index (χ0n) is 13.9. The zero-order chi connectivity index (χ0) is 16.4. The van der Waals surface area contributed by atoms with Crippen molar-refractivity contribution < 1.29 is 5.11 Å². The molecule has 1 aliphatic heterocycles. The normalized spacial score (nSPS) is 18.2. The number of benzene rings is 1. The molecule has 3 heterocycles. The van der Waals surface area contributed by atoms with Gasteiger partial charge in [-0.3, -0.25) is 0 Å². The number of piperidine rings is 1. The highest BCUT2D eigenvalue weighted by Gasteiger charge is 2.32. The van der Waals surface area contributed by atoms with Crippen molar-refractivity contribution in [2.24, 2.45) is 0 Å². The fourth-order valence-electron chi connectivity index (χ4n) is 3.69. The first kappa shape index (κ1) is 15.4. The van der Waals surface area contributed by atoms with Crippen LogP contribution in [0.5, 0.6) is 0 Å². The second-order valence-corrected chi connectivity index (χ2v) is 6.91. The van der Waals surface area contributed by atoms with Gasteiger partial charge in [-0.25, -0.2) is 4.98 Å². The molecule has 0 unspecified atom stereocenters. The van der Waals surface area contributed by atoms with Crippen LogP contribution in [0.2, 0.25) is 0 Å². The van der Waals surface area contributed by atoms with E-state index >= 15 is 0 Å². The van der Waals surface area contributed by atoms with Crippen LogP contribution in [0.25, 0.3) is 10.9 Å². The number of rotatable bonds is 5. The lowest BCUT2D eigenvalue weighted by Gasteiger charge is -2.38. The molecule has 0 radical (unpaired) electrons. The molecule has 0 bridgehead atoms. The predicted molar refractivity (Wildman–Crippen MR) is 94.9 cm³/mol. The van der Waals surface area contributed by atoms with Crippen molar-refractivity contribution in [3.8, 4) is 0 Å². The van der Waals surface area contributed by atoms with Crippen LogP contribution in [-0.4, -0.2) is 49.8 Å². The molecule has 1 fully saturated rings. The Morgan fingerprint density at radius 1 is 1.21 bits per heavy atom. The summed E-state index contributed by atoms with van der Waals surface area (Å²) in [6.45, 7) is 3.59. The molecule has 0 atom stereocenters. The maximum atomic E-state index is 10.8. The van der Waals surface area contributed by atoms with Crippen molar-refractivity contribution in [2.45, 2.75) is 31.4 Å². The Morgan fingerprint density at radius 3 is 2.83 bits per heavy atom. The van der Waals surface area contributed by atoms with Crippen LogP contribution >= 0.6 is 0 Å². The van der Waals surface area contributed by atoms with E-state index in [9.17, 15) is 5.11 Å². The summed E-state index contributed by atoms with van der Waals surface area (Å²) < 4.78 is 1.97. The van der Waals surface area contributed by atoms with Crippen molar-refractivity contribution in [1.29, 1.82) is 0 Å². The smallest absolute Gasteiger partial charge is 0.0946 e. The molecule has 1 saturated heterocycles. The van der Waals surface area contributed by atoms with Gasteiger partial charge in [0.25, 0.3) is 0 Å². The number of aromatic amines is 1. The van der Waals surface area contributed by atoms with E-state index in [4.69, 9.17) is 0 Å². The number of aromatic nitrogens is 3. The molecule has 0 aliphatic carbocycles. The Kier molecular flexibility index (Phi) is 4.12. The molecule has 3 aromatic rings. The van der Waals surface area contributed by atoms with Gasteiger partial charge >= 0.3 is 0 Å². The van der Waals surface area contributed by atoms with Gasteiger partial charge in [-0.05, 0) is 30.9 Å². The number of aliphatic hydroxyl groups is 1. The summed E-state index contributed by atoms with van der Waals surface area (Å²) in [5.74, 6) is 0. The summed E-state index contributed by atoms with van der Waals surface area (Å²) in [5.41, 5.74) is 1.99. The molecule has 2 N–H and O–H groups in total. The molecule has 1 aliphatic rings. The zero-order valence-corrected chi connectivity index (χ0v) is 13.9. The largest absolute Gasteiger partial charge is 0.388 e. The third-order valence-corrected chi connectivity index (χ3v) is 5.20. The number of H-pyrrole nitrogens is 1. The van der Waals surface area contributed by atoms with Gasteiger partial charge in [-0.15, -0.1) is 0 Å². The van der Waals surface area contributed by atoms with E-state index in [1.54, 1.807) is 12.5 Å². The van der Waals surface area contributed by atoms with Crippen LogP contribution in [0.1, 0.15) is 18.4 Å². The third-order valence-electron chi connectivity index (χ3n) is 5.20. The number of fused-ring (bicyclic) bond motifs is 1. The van der Waals surface area contributed by atoms with Gasteiger partial charge in [0.2, 0.25) is 0 Å². The Bertz CT molecular complexity index is 785. The average Bonchev–Trinajstić information content (AvgIpc) is 3.24.